The molecule has 0 bridgehead atoms. The van der Waals surface area contributed by atoms with Crippen molar-refractivity contribution in [3.05, 3.63) is 67.0 Å². The molecule has 2 aromatic carbocycles. The van der Waals surface area contributed by atoms with Crippen molar-refractivity contribution in [3.8, 4) is 22.5 Å². The fraction of sp³-hybridized carbons (Fsp3) is 0.0500. The zero-order valence-electron chi connectivity index (χ0n) is 13.8. The van der Waals surface area contributed by atoms with Crippen molar-refractivity contribution in [1.29, 1.82) is 0 Å². The number of nitrogens with zero attached hydrogens (tertiary/aromatic N) is 3. The summed E-state index contributed by atoms with van der Waals surface area (Å²) in [6, 6.07) is 17.8. The van der Waals surface area contributed by atoms with Gasteiger partial charge in [0, 0.05) is 36.1 Å². The minimum absolute atomic E-state index is 0.654. The first-order chi connectivity index (χ1) is 12.2. The van der Waals surface area contributed by atoms with Crippen LogP contribution in [0.25, 0.3) is 33.4 Å². The quantitative estimate of drug-likeness (QED) is 0.557. The van der Waals surface area contributed by atoms with Crippen LogP contribution in [-0.4, -0.2) is 22.0 Å². The number of hydrogen-bond acceptors (Lipinski definition) is 5. The number of nitrogen functional groups attached to an aromatic ring is 1. The number of rotatable bonds is 3. The van der Waals surface area contributed by atoms with E-state index in [4.69, 9.17) is 10.7 Å². The van der Waals surface area contributed by atoms with Crippen molar-refractivity contribution in [3.63, 3.8) is 0 Å². The molecule has 4 aromatic rings. The maximum atomic E-state index is 5.91. The molecule has 0 aliphatic rings. The molecule has 5 nitrogen and oxygen atoms in total. The maximum absolute atomic E-state index is 5.91. The fourth-order valence-corrected chi connectivity index (χ4v) is 2.84. The average Bonchev–Trinajstić information content (AvgIpc) is 2.67. The van der Waals surface area contributed by atoms with Gasteiger partial charge in [0.25, 0.3) is 0 Å². The molecule has 0 fully saturated rings. The lowest BCUT2D eigenvalue weighted by molar-refractivity contribution is 1.20. The Morgan fingerprint density at radius 2 is 1.72 bits per heavy atom. The van der Waals surface area contributed by atoms with Crippen LogP contribution in [0.5, 0.6) is 0 Å². The molecule has 0 aliphatic carbocycles. The van der Waals surface area contributed by atoms with Gasteiger partial charge in [-0.05, 0) is 47.5 Å². The van der Waals surface area contributed by atoms with Crippen molar-refractivity contribution < 1.29 is 0 Å². The molecule has 0 radical (unpaired) electrons. The lowest BCUT2D eigenvalue weighted by atomic mass is 10.0. The first kappa shape index (κ1) is 15.1. The minimum Gasteiger partial charge on any atom is -0.399 e. The summed E-state index contributed by atoms with van der Waals surface area (Å²) in [5.41, 5.74) is 10.6. The molecule has 122 valence electrons. The molecule has 3 N–H and O–H groups in total. The van der Waals surface area contributed by atoms with Gasteiger partial charge in [0.05, 0.1) is 5.52 Å². The number of nitrogens with two attached hydrogens (primary N) is 1. The van der Waals surface area contributed by atoms with Gasteiger partial charge in [0.15, 0.2) is 5.82 Å². The predicted octanol–water partition coefficient (Wildman–Crippen LogP) is 3.98. The Morgan fingerprint density at radius 1 is 0.880 bits per heavy atom. The Morgan fingerprint density at radius 3 is 2.48 bits per heavy atom. The number of aromatic nitrogens is 3. The van der Waals surface area contributed by atoms with Gasteiger partial charge in [-0.1, -0.05) is 18.2 Å². The summed E-state index contributed by atoms with van der Waals surface area (Å²) in [5, 5.41) is 4.14. The van der Waals surface area contributed by atoms with Crippen LogP contribution in [0.1, 0.15) is 0 Å². The second kappa shape index (κ2) is 6.20. The largest absolute Gasteiger partial charge is 0.399 e. The maximum Gasteiger partial charge on any atom is 0.163 e. The predicted molar refractivity (Wildman–Crippen MR) is 102 cm³/mol. The van der Waals surface area contributed by atoms with Gasteiger partial charge in [0.1, 0.15) is 5.82 Å². The van der Waals surface area contributed by atoms with Crippen LogP contribution in [0.15, 0.2) is 67.0 Å². The van der Waals surface area contributed by atoms with Crippen molar-refractivity contribution in [1.82, 2.24) is 15.0 Å². The Bertz CT molecular complexity index is 1040. The van der Waals surface area contributed by atoms with Gasteiger partial charge in [-0.25, -0.2) is 9.97 Å². The van der Waals surface area contributed by atoms with Crippen LogP contribution >= 0.6 is 0 Å². The van der Waals surface area contributed by atoms with Crippen molar-refractivity contribution in [2.24, 2.45) is 0 Å². The molecule has 25 heavy (non-hydrogen) atoms. The average molecular weight is 327 g/mol. The SMILES string of the molecule is CNc1nc(-c2cccnc2)nc2ccc(-c3cccc(N)c3)cc12. The lowest BCUT2D eigenvalue weighted by Crippen LogP contribution is -1.99. The second-order valence-electron chi connectivity index (χ2n) is 5.74. The van der Waals surface area contributed by atoms with E-state index in [0.717, 1.165) is 39.1 Å². The minimum atomic E-state index is 0.654. The van der Waals surface area contributed by atoms with E-state index in [0.29, 0.717) is 5.82 Å². The summed E-state index contributed by atoms with van der Waals surface area (Å²) in [5.74, 6) is 1.44. The van der Waals surface area contributed by atoms with Gasteiger partial charge < -0.3 is 11.1 Å². The van der Waals surface area contributed by atoms with Crippen LogP contribution in [0.3, 0.4) is 0 Å². The molecular weight excluding hydrogens is 310 g/mol. The number of benzene rings is 2. The lowest BCUT2D eigenvalue weighted by Gasteiger charge is -2.10. The van der Waals surface area contributed by atoms with E-state index in [1.807, 2.05) is 49.5 Å². The van der Waals surface area contributed by atoms with E-state index >= 15 is 0 Å². The Hall–Kier alpha value is -3.47. The molecule has 4 rings (SSSR count). The highest BCUT2D eigenvalue weighted by atomic mass is 15.0. The van der Waals surface area contributed by atoms with E-state index in [1.165, 1.54) is 0 Å². The van der Waals surface area contributed by atoms with Crippen molar-refractivity contribution in [2.75, 3.05) is 18.1 Å². The Kier molecular flexibility index (Phi) is 3.74. The third-order valence-corrected chi connectivity index (χ3v) is 4.07. The third kappa shape index (κ3) is 2.87. The number of nitrogens with one attached hydrogen (secondary N) is 1. The first-order valence-corrected chi connectivity index (χ1v) is 8.00. The highest BCUT2D eigenvalue weighted by Crippen LogP contribution is 2.29. The molecule has 0 amide bonds. The van der Waals surface area contributed by atoms with Crippen LogP contribution in [0, 0.1) is 0 Å². The summed E-state index contributed by atoms with van der Waals surface area (Å²) >= 11 is 0. The molecule has 5 heteroatoms. The molecular formula is C20H17N5. The van der Waals surface area contributed by atoms with E-state index < -0.39 is 0 Å². The number of pyridine rings is 1. The monoisotopic (exact) mass is 327 g/mol. The van der Waals surface area contributed by atoms with E-state index in [-0.39, 0.29) is 0 Å². The van der Waals surface area contributed by atoms with Crippen LogP contribution in [0.4, 0.5) is 11.5 Å². The number of hydrogen-bond donors (Lipinski definition) is 2. The molecule has 0 saturated heterocycles. The third-order valence-electron chi connectivity index (χ3n) is 4.07. The van der Waals surface area contributed by atoms with Gasteiger partial charge in [-0.15, -0.1) is 0 Å². The summed E-state index contributed by atoms with van der Waals surface area (Å²) in [4.78, 5) is 13.5. The topological polar surface area (TPSA) is 76.7 Å². The number of fused-ring (bicyclic) bond motifs is 1. The van der Waals surface area contributed by atoms with Gasteiger partial charge >= 0.3 is 0 Å². The summed E-state index contributed by atoms with van der Waals surface area (Å²) in [7, 11) is 1.86. The van der Waals surface area contributed by atoms with Crippen LogP contribution in [-0.2, 0) is 0 Å². The zero-order chi connectivity index (χ0) is 17.2. The number of anilines is 2. The van der Waals surface area contributed by atoms with E-state index in [9.17, 15) is 0 Å². The standard InChI is InChI=1S/C20H17N5/c1-22-20-17-11-14(13-4-2-6-16(21)10-13)7-8-18(17)24-19(25-20)15-5-3-9-23-12-15/h2-12H,21H2,1H3,(H,22,24,25). The summed E-state index contributed by atoms with van der Waals surface area (Å²) < 4.78 is 0. The van der Waals surface area contributed by atoms with E-state index in [1.54, 1.807) is 12.4 Å². The smallest absolute Gasteiger partial charge is 0.163 e. The molecule has 2 aromatic heterocycles. The second-order valence-corrected chi connectivity index (χ2v) is 5.74. The highest BCUT2D eigenvalue weighted by molar-refractivity contribution is 5.94. The summed E-state index contributed by atoms with van der Waals surface area (Å²) in [6.45, 7) is 0. The zero-order valence-corrected chi connectivity index (χ0v) is 13.8. The normalized spacial score (nSPS) is 10.8. The molecule has 0 unspecified atom stereocenters. The van der Waals surface area contributed by atoms with Crippen molar-refractivity contribution in [2.45, 2.75) is 0 Å². The van der Waals surface area contributed by atoms with Crippen molar-refractivity contribution >= 4 is 22.4 Å². The van der Waals surface area contributed by atoms with Gasteiger partial charge in [0.2, 0.25) is 0 Å². The van der Waals surface area contributed by atoms with Crippen LogP contribution < -0.4 is 11.1 Å². The van der Waals surface area contributed by atoms with Gasteiger partial charge in [-0.2, -0.15) is 0 Å². The highest BCUT2D eigenvalue weighted by Gasteiger charge is 2.10. The fourth-order valence-electron chi connectivity index (χ4n) is 2.84. The Labute approximate surface area is 145 Å². The summed E-state index contributed by atoms with van der Waals surface area (Å²) in [6.07, 6.45) is 3.50. The Balaban J connectivity index is 1.88. The molecule has 2 heterocycles. The molecule has 0 aliphatic heterocycles. The van der Waals surface area contributed by atoms with Crippen LogP contribution in [0.2, 0.25) is 0 Å². The van der Waals surface area contributed by atoms with E-state index in [2.05, 4.69) is 27.4 Å². The molecule has 0 saturated carbocycles. The first-order valence-electron chi connectivity index (χ1n) is 8.00. The molecule has 0 spiro atoms. The van der Waals surface area contributed by atoms with Gasteiger partial charge in [-0.3, -0.25) is 4.98 Å². The molecule has 0 atom stereocenters.